The molecular weight excluding hydrogens is 849 g/mol. The van der Waals surface area contributed by atoms with E-state index < -0.39 is 0 Å². The number of allylic oxidation sites excluding steroid dienone is 9. The highest BCUT2D eigenvalue weighted by molar-refractivity contribution is 6.20. The van der Waals surface area contributed by atoms with Crippen LogP contribution in [0.1, 0.15) is 48.4 Å². The number of rotatable bonds is 5. The number of fused-ring (bicyclic) bond motifs is 12. The first-order valence-corrected chi connectivity index (χ1v) is 25.0. The summed E-state index contributed by atoms with van der Waals surface area (Å²) < 4.78 is 4.93. The normalized spacial score (nSPS) is 22.0. The lowest BCUT2D eigenvalue weighted by atomic mass is 9.69. The molecule has 0 bridgehead atoms. The quantitative estimate of drug-likeness (QED) is 0.125. The zero-order valence-electron chi connectivity index (χ0n) is 39.2. The molecule has 8 aromatic carbocycles. The Morgan fingerprint density at radius 2 is 1.41 bits per heavy atom. The van der Waals surface area contributed by atoms with Crippen molar-refractivity contribution in [1.29, 1.82) is 0 Å². The second kappa shape index (κ2) is 14.8. The van der Waals surface area contributed by atoms with Crippen LogP contribution in [0.5, 0.6) is 0 Å². The number of nitrogens with zero attached hydrogens (tertiary/aromatic N) is 4. The highest BCUT2D eigenvalue weighted by atomic mass is 15.2. The first-order valence-electron chi connectivity index (χ1n) is 25.0. The first-order chi connectivity index (χ1) is 34.5. The molecule has 4 unspecified atom stereocenters. The summed E-state index contributed by atoms with van der Waals surface area (Å²) in [6.07, 6.45) is 27.6. The van der Waals surface area contributed by atoms with E-state index in [-0.39, 0.29) is 11.5 Å². The predicted molar refractivity (Wildman–Crippen MR) is 294 cm³/mol. The summed E-state index contributed by atoms with van der Waals surface area (Å²) in [5.41, 5.74) is 14.9. The molecule has 0 saturated heterocycles. The summed E-state index contributed by atoms with van der Waals surface area (Å²) in [4.78, 5) is 8.10. The average Bonchev–Trinajstić information content (AvgIpc) is 3.88. The van der Waals surface area contributed by atoms with E-state index in [1.807, 2.05) is 0 Å². The molecule has 9 aromatic rings. The number of amidine groups is 2. The van der Waals surface area contributed by atoms with Gasteiger partial charge in [-0.1, -0.05) is 170 Å². The molecule has 0 fully saturated rings. The van der Waals surface area contributed by atoms with Crippen molar-refractivity contribution in [2.45, 2.75) is 38.6 Å². The standard InChI is InChI=1S/C66H49N4/c1-41-28-29-43-38-61-55(37-47(43)35-41)51-20-8-10-24-58(51)69(61)60-26-12-16-44-39-62-56(40-54(44)60)52-21-9-11-25-59(52)70(62)63-27-13-23-57-53(22-14-34-66(57,63)2)65-67-64(68(65)48-17-4-3-5-18-48)46-32-33-50-45(36-46)31-30-42-15-6-7-19-49(42)50/h3-33,36-41,51,58H,34-35H2,1-2H3/q+1. The number of hydrogen-bond acceptors (Lipinski definition) is 2. The molecule has 1 aromatic heterocycles. The molecule has 332 valence electrons. The average molecular weight is 898 g/mol. The lowest BCUT2D eigenvalue weighted by molar-refractivity contribution is -0.319. The lowest BCUT2D eigenvalue weighted by Gasteiger charge is -2.39. The molecule has 6 aliphatic rings. The summed E-state index contributed by atoms with van der Waals surface area (Å²) >= 11 is 0. The minimum Gasteiger partial charge on any atom is -0.333 e. The minimum atomic E-state index is -0.338. The number of aromatic nitrogens is 1. The smallest absolute Gasteiger partial charge is 0.279 e. The van der Waals surface area contributed by atoms with E-state index in [0.29, 0.717) is 11.8 Å². The fraction of sp³-hybridized carbons (Fsp3) is 0.121. The SMILES string of the molecule is CC1C=Cc2cc3c(cc2C1)C1C=CC=CC1N3c1cccc2cc3c(cc12)c1ccccc1n3C1=CC=CC2=C(C3=[N+](c4ccccc4)C(c4ccc5c(ccc6ccccc65)c4)=N3)C=CCC12C. The fourth-order valence-electron chi connectivity index (χ4n) is 12.9. The molecule has 0 radical (unpaired) electrons. The molecule has 0 saturated carbocycles. The Hall–Kier alpha value is -8.34. The van der Waals surface area contributed by atoms with Crippen LogP contribution < -0.4 is 4.90 Å². The maximum absolute atomic E-state index is 5.47. The van der Waals surface area contributed by atoms with Crippen LogP contribution >= 0.6 is 0 Å². The topological polar surface area (TPSA) is 23.5 Å². The van der Waals surface area contributed by atoms with Crippen molar-refractivity contribution in [3.8, 4) is 0 Å². The van der Waals surface area contributed by atoms with E-state index in [0.717, 1.165) is 41.3 Å². The van der Waals surface area contributed by atoms with Crippen LogP contribution in [0, 0.1) is 11.3 Å². The second-order valence-electron chi connectivity index (χ2n) is 20.4. The largest absolute Gasteiger partial charge is 0.333 e. The molecule has 70 heavy (non-hydrogen) atoms. The molecule has 4 atom stereocenters. The molecule has 0 N–H and O–H groups in total. The Labute approximate surface area is 407 Å². The van der Waals surface area contributed by atoms with Crippen LogP contribution in [-0.4, -0.2) is 26.9 Å². The summed E-state index contributed by atoms with van der Waals surface area (Å²) in [6, 6.07) is 56.8. The predicted octanol–water partition coefficient (Wildman–Crippen LogP) is 16.1. The number of benzene rings is 8. The van der Waals surface area contributed by atoms with Crippen molar-refractivity contribution in [3.05, 3.63) is 246 Å². The van der Waals surface area contributed by atoms with Gasteiger partial charge in [0.2, 0.25) is 0 Å². The van der Waals surface area contributed by atoms with Crippen LogP contribution in [0.25, 0.3) is 65.9 Å². The van der Waals surface area contributed by atoms with Gasteiger partial charge in [-0.25, -0.2) is 0 Å². The summed E-state index contributed by atoms with van der Waals surface area (Å²) in [7, 11) is 0. The molecular formula is C66H49N4+. The minimum absolute atomic E-state index is 0.214. The zero-order chi connectivity index (χ0) is 46.2. The third kappa shape index (κ3) is 5.65. The number of aliphatic imine (C=N–C) groups is 1. The number of hydrogen-bond donors (Lipinski definition) is 0. The van der Waals surface area contributed by atoms with E-state index in [1.165, 1.54) is 93.5 Å². The summed E-state index contributed by atoms with van der Waals surface area (Å²) in [5.74, 6) is 2.81. The van der Waals surface area contributed by atoms with Gasteiger partial charge in [-0.05, 0) is 136 Å². The highest BCUT2D eigenvalue weighted by Crippen LogP contribution is 2.54. The van der Waals surface area contributed by atoms with Gasteiger partial charge in [0.25, 0.3) is 11.7 Å². The van der Waals surface area contributed by atoms with Gasteiger partial charge >= 0.3 is 0 Å². The third-order valence-corrected chi connectivity index (χ3v) is 16.3. The fourth-order valence-corrected chi connectivity index (χ4v) is 12.9. The van der Waals surface area contributed by atoms with Crippen LogP contribution in [0.2, 0.25) is 0 Å². The first kappa shape index (κ1) is 39.6. The Bertz CT molecular complexity index is 4110. The third-order valence-electron chi connectivity index (χ3n) is 16.3. The molecule has 4 aliphatic carbocycles. The van der Waals surface area contributed by atoms with Crippen LogP contribution in [0.15, 0.2) is 229 Å². The van der Waals surface area contributed by atoms with Gasteiger partial charge in [0.1, 0.15) is 5.69 Å². The Balaban J connectivity index is 0.867. The lowest BCUT2D eigenvalue weighted by Crippen LogP contribution is -2.37. The highest BCUT2D eigenvalue weighted by Gasteiger charge is 2.44. The van der Waals surface area contributed by atoms with Gasteiger partial charge in [-0.2, -0.15) is 4.58 Å². The van der Waals surface area contributed by atoms with Crippen molar-refractivity contribution in [1.82, 2.24) is 4.57 Å². The molecule has 0 amide bonds. The van der Waals surface area contributed by atoms with Crippen LogP contribution in [-0.2, 0) is 6.42 Å². The van der Waals surface area contributed by atoms with Crippen molar-refractivity contribution in [2.24, 2.45) is 16.3 Å². The van der Waals surface area contributed by atoms with E-state index >= 15 is 0 Å². The number of para-hydroxylation sites is 2. The molecule has 3 heterocycles. The van der Waals surface area contributed by atoms with Crippen molar-refractivity contribution in [3.63, 3.8) is 0 Å². The van der Waals surface area contributed by atoms with E-state index in [4.69, 9.17) is 4.99 Å². The van der Waals surface area contributed by atoms with E-state index in [2.05, 4.69) is 246 Å². The van der Waals surface area contributed by atoms with Gasteiger partial charge in [-0.3, -0.25) is 0 Å². The Morgan fingerprint density at radius 3 is 2.34 bits per heavy atom. The van der Waals surface area contributed by atoms with Crippen LogP contribution in [0.3, 0.4) is 0 Å². The van der Waals surface area contributed by atoms with Crippen molar-refractivity contribution in [2.75, 3.05) is 4.90 Å². The van der Waals surface area contributed by atoms with Gasteiger partial charge in [0, 0.05) is 44.6 Å². The summed E-state index contributed by atoms with van der Waals surface area (Å²) in [5, 5.41) is 10.0. The van der Waals surface area contributed by atoms with E-state index in [1.54, 1.807) is 0 Å². The van der Waals surface area contributed by atoms with Crippen molar-refractivity contribution < 1.29 is 4.58 Å². The maximum atomic E-state index is 5.47. The van der Waals surface area contributed by atoms with Gasteiger partial charge in [-0.15, -0.1) is 0 Å². The molecule has 4 nitrogen and oxygen atoms in total. The van der Waals surface area contributed by atoms with Gasteiger partial charge in [0.15, 0.2) is 0 Å². The zero-order valence-corrected chi connectivity index (χ0v) is 39.2. The second-order valence-corrected chi connectivity index (χ2v) is 20.4. The molecule has 0 spiro atoms. The number of anilines is 2. The summed E-state index contributed by atoms with van der Waals surface area (Å²) in [6.45, 7) is 4.76. The van der Waals surface area contributed by atoms with E-state index in [9.17, 15) is 0 Å². The Morgan fingerprint density at radius 1 is 0.614 bits per heavy atom. The van der Waals surface area contributed by atoms with Crippen molar-refractivity contribution >= 4 is 94.6 Å². The van der Waals surface area contributed by atoms with Gasteiger partial charge in [0.05, 0.1) is 28.2 Å². The maximum Gasteiger partial charge on any atom is 0.279 e. The van der Waals surface area contributed by atoms with Gasteiger partial charge < -0.3 is 9.47 Å². The monoisotopic (exact) mass is 897 g/mol. The molecule has 4 heteroatoms. The molecule has 15 rings (SSSR count). The van der Waals surface area contributed by atoms with Crippen LogP contribution in [0.4, 0.5) is 17.1 Å². The molecule has 2 aliphatic heterocycles. The Kier molecular flexibility index (Phi) is 8.40.